The van der Waals surface area contributed by atoms with Gasteiger partial charge in [0.1, 0.15) is 17.5 Å². The molecule has 6 heterocycles. The quantitative estimate of drug-likeness (QED) is 0.145. The van der Waals surface area contributed by atoms with Gasteiger partial charge in [-0.15, -0.1) is 0 Å². The maximum absolute atomic E-state index is 5.16. The van der Waals surface area contributed by atoms with Crippen LogP contribution in [0.5, 0.6) is 0 Å². The lowest BCUT2D eigenvalue weighted by Gasteiger charge is -2.37. The first-order chi connectivity index (χ1) is 37.6. The minimum Gasteiger partial charge on any atom is -0.310 e. The SMILES string of the molecule is C1=C(c2ccc(-c3nc4ccccc4n3-c3ccccc3)cc2)C=C2C=C(c3ccc(-c4nc5ccccc5n4-c4ccccc4)cc3)C=C3C=C(c4ccc(-c5nc6ccccc6n5-c5ccccc5)cc4)C=C1N23. The van der Waals surface area contributed by atoms with E-state index >= 15 is 0 Å². The molecule has 7 nitrogen and oxygen atoms in total. The molecule has 0 aliphatic carbocycles. The van der Waals surface area contributed by atoms with Crippen molar-refractivity contribution in [3.63, 3.8) is 0 Å². The fraction of sp³-hybridized carbons (Fsp3) is 0. The van der Waals surface area contributed by atoms with Gasteiger partial charge in [0.25, 0.3) is 0 Å². The first-order valence-electron chi connectivity index (χ1n) is 25.7. The number of aromatic nitrogens is 6. The Bertz CT molecular complexity index is 3990. The second kappa shape index (κ2) is 17.7. The Balaban J connectivity index is 0.827. The zero-order valence-electron chi connectivity index (χ0n) is 41.1. The summed E-state index contributed by atoms with van der Waals surface area (Å²) in [5.74, 6) is 2.73. The molecule has 0 saturated carbocycles. The number of nitrogens with zero attached hydrogens (tertiary/aromatic N) is 7. The van der Waals surface area contributed by atoms with Crippen LogP contribution in [0.4, 0.5) is 0 Å². The monoisotopic (exact) mass is 971 g/mol. The van der Waals surface area contributed by atoms with Crippen molar-refractivity contribution in [3.05, 3.63) is 307 Å². The summed E-state index contributed by atoms with van der Waals surface area (Å²) in [4.78, 5) is 17.9. The Labute approximate surface area is 439 Å². The molecule has 0 atom stereocenters. The second-order valence-corrected chi connectivity index (χ2v) is 19.4. The highest BCUT2D eigenvalue weighted by Gasteiger charge is 2.29. The van der Waals surface area contributed by atoms with Gasteiger partial charge in [-0.2, -0.15) is 0 Å². The van der Waals surface area contributed by atoms with Crippen LogP contribution in [0.1, 0.15) is 16.7 Å². The van der Waals surface area contributed by atoms with E-state index in [9.17, 15) is 0 Å². The zero-order chi connectivity index (χ0) is 50.1. The highest BCUT2D eigenvalue weighted by atomic mass is 15.2. The van der Waals surface area contributed by atoms with Gasteiger partial charge < -0.3 is 4.90 Å². The number of benzene rings is 9. The highest BCUT2D eigenvalue weighted by Crippen LogP contribution is 2.44. The van der Waals surface area contributed by atoms with Crippen LogP contribution in [0, 0.1) is 0 Å². The number of allylic oxidation sites excluding steroid dienone is 9. The third-order valence-corrected chi connectivity index (χ3v) is 14.7. The Hall–Kier alpha value is -10.4. The van der Waals surface area contributed by atoms with Gasteiger partial charge in [0, 0.05) is 50.8 Å². The molecular weight excluding hydrogens is 927 g/mol. The number of hydrogen-bond donors (Lipinski definition) is 0. The zero-order valence-corrected chi connectivity index (χ0v) is 41.1. The summed E-state index contributed by atoms with van der Waals surface area (Å²) in [5, 5.41) is 0. The summed E-state index contributed by atoms with van der Waals surface area (Å²) in [6, 6.07) is 83.1. The van der Waals surface area contributed by atoms with E-state index in [4.69, 9.17) is 15.0 Å². The molecule has 3 aliphatic rings. The number of imidazole rings is 3. The first-order valence-corrected chi connectivity index (χ1v) is 25.7. The van der Waals surface area contributed by atoms with Crippen LogP contribution < -0.4 is 0 Å². The second-order valence-electron chi connectivity index (χ2n) is 19.4. The Morgan fingerprint density at radius 1 is 0.224 bits per heavy atom. The summed E-state index contributed by atoms with van der Waals surface area (Å²) >= 11 is 0. The maximum atomic E-state index is 5.16. The minimum absolute atomic E-state index is 0.909. The molecule has 0 amide bonds. The third kappa shape index (κ3) is 7.32. The summed E-state index contributed by atoms with van der Waals surface area (Å²) in [6.07, 6.45) is 13.9. The standard InChI is InChI=1S/C69H45N7/c1-4-16-55(17-5-1)74-64-25-13-10-22-61(64)70-67(74)49-34-28-46(29-35-49)52-40-58-42-53(47-30-36-50(37-31-47)68-71-62-23-11-14-26-65(62)75(68)56-18-6-2-7-19-56)44-60-45-54(43-59(41-52)73(58)60)48-32-38-51(39-33-48)69-72-63-24-12-15-27-66(63)76(69)57-20-8-3-9-21-57/h1-45H. The smallest absolute Gasteiger partial charge is 0.145 e. The van der Waals surface area contributed by atoms with Crippen molar-refractivity contribution in [2.24, 2.45) is 0 Å². The maximum Gasteiger partial charge on any atom is 0.145 e. The highest BCUT2D eigenvalue weighted by molar-refractivity contribution is 5.92. The van der Waals surface area contributed by atoms with E-state index in [0.717, 1.165) is 135 Å². The van der Waals surface area contributed by atoms with E-state index in [2.05, 4.69) is 292 Å². The Morgan fingerprint density at radius 2 is 0.474 bits per heavy atom. The molecule has 76 heavy (non-hydrogen) atoms. The molecule has 12 aromatic rings. The molecule has 356 valence electrons. The molecule has 15 rings (SSSR count). The molecule has 0 saturated heterocycles. The van der Waals surface area contributed by atoms with Crippen molar-refractivity contribution in [2.75, 3.05) is 0 Å². The summed E-state index contributed by atoms with van der Waals surface area (Å²) in [6.45, 7) is 0. The van der Waals surface area contributed by atoms with Gasteiger partial charge in [-0.1, -0.05) is 164 Å². The van der Waals surface area contributed by atoms with Crippen LogP contribution in [0.3, 0.4) is 0 Å². The average Bonchev–Trinajstić information content (AvgIpc) is 4.23. The molecule has 0 spiro atoms. The lowest BCUT2D eigenvalue weighted by Crippen LogP contribution is -2.26. The van der Waals surface area contributed by atoms with E-state index in [1.165, 1.54) is 0 Å². The molecule has 0 N–H and O–H groups in total. The summed E-state index contributed by atoms with van der Waals surface area (Å²) in [7, 11) is 0. The average molecular weight is 972 g/mol. The predicted octanol–water partition coefficient (Wildman–Crippen LogP) is 16.2. The fourth-order valence-corrected chi connectivity index (χ4v) is 11.1. The van der Waals surface area contributed by atoms with Crippen molar-refractivity contribution in [1.29, 1.82) is 0 Å². The van der Waals surface area contributed by atoms with E-state index in [-0.39, 0.29) is 0 Å². The molecule has 3 aliphatic heterocycles. The lowest BCUT2D eigenvalue weighted by atomic mass is 9.89. The van der Waals surface area contributed by atoms with Crippen LogP contribution in [0.25, 0.3) is 101 Å². The number of hydrogen-bond acceptors (Lipinski definition) is 4. The molecule has 0 unspecified atom stereocenters. The lowest BCUT2D eigenvalue weighted by molar-refractivity contribution is 0.567. The van der Waals surface area contributed by atoms with Gasteiger partial charge in [0.2, 0.25) is 0 Å². The minimum atomic E-state index is 0.909. The van der Waals surface area contributed by atoms with Gasteiger partial charge in [-0.25, -0.2) is 15.0 Å². The fourth-order valence-electron chi connectivity index (χ4n) is 11.1. The van der Waals surface area contributed by atoms with Crippen LogP contribution in [0.15, 0.2) is 290 Å². The van der Waals surface area contributed by atoms with Gasteiger partial charge in [0.05, 0.1) is 33.1 Å². The van der Waals surface area contributed by atoms with Crippen molar-refractivity contribution in [1.82, 2.24) is 33.6 Å². The summed E-state index contributed by atoms with van der Waals surface area (Å²) < 4.78 is 6.76. The van der Waals surface area contributed by atoms with E-state index < -0.39 is 0 Å². The van der Waals surface area contributed by atoms with Gasteiger partial charge in [0.15, 0.2) is 0 Å². The topological polar surface area (TPSA) is 56.7 Å². The molecule has 0 fully saturated rings. The number of fused-ring (bicyclic) bond motifs is 3. The largest absolute Gasteiger partial charge is 0.310 e. The van der Waals surface area contributed by atoms with Gasteiger partial charge >= 0.3 is 0 Å². The van der Waals surface area contributed by atoms with Crippen molar-refractivity contribution in [3.8, 4) is 51.2 Å². The van der Waals surface area contributed by atoms with E-state index in [1.54, 1.807) is 0 Å². The number of rotatable bonds is 9. The van der Waals surface area contributed by atoms with E-state index in [1.807, 2.05) is 0 Å². The van der Waals surface area contributed by atoms with Crippen molar-refractivity contribution < 1.29 is 0 Å². The molecule has 3 aromatic heterocycles. The number of para-hydroxylation sites is 9. The van der Waals surface area contributed by atoms with E-state index in [0.29, 0.717) is 0 Å². The Kier molecular flexibility index (Phi) is 10.1. The van der Waals surface area contributed by atoms with Crippen LogP contribution in [0.2, 0.25) is 0 Å². The molecular formula is C69H45N7. The Morgan fingerprint density at radius 3 is 0.763 bits per heavy atom. The summed E-state index contributed by atoms with van der Waals surface area (Å²) in [5.41, 5.74) is 22.6. The van der Waals surface area contributed by atoms with Crippen LogP contribution in [-0.4, -0.2) is 33.6 Å². The van der Waals surface area contributed by atoms with Crippen molar-refractivity contribution >= 4 is 49.8 Å². The molecule has 0 radical (unpaired) electrons. The molecule has 0 bridgehead atoms. The first kappa shape index (κ1) is 43.2. The van der Waals surface area contributed by atoms with Gasteiger partial charge in [-0.3, -0.25) is 13.7 Å². The third-order valence-electron chi connectivity index (χ3n) is 14.7. The van der Waals surface area contributed by atoms with Gasteiger partial charge in [-0.05, 0) is 143 Å². The van der Waals surface area contributed by atoms with Crippen molar-refractivity contribution in [2.45, 2.75) is 0 Å². The molecule has 9 aromatic carbocycles. The predicted molar refractivity (Wildman–Crippen MR) is 310 cm³/mol. The molecule has 7 heteroatoms. The van der Waals surface area contributed by atoms with Crippen LogP contribution in [-0.2, 0) is 0 Å². The normalized spacial score (nSPS) is 14.0. The van der Waals surface area contributed by atoms with Crippen LogP contribution >= 0.6 is 0 Å².